The van der Waals surface area contributed by atoms with E-state index in [1.165, 1.54) is 69.2 Å². The molecule has 0 radical (unpaired) electrons. The lowest BCUT2D eigenvalue weighted by molar-refractivity contribution is 0.590. The smallest absolute Gasteiger partial charge is 0.266 e. The second kappa shape index (κ2) is 12.7. The number of hydrogen-bond donors (Lipinski definition) is 0. The van der Waals surface area contributed by atoms with Gasteiger partial charge in [-0.05, 0) is 112 Å². The largest absolute Gasteiger partial charge is 0.310 e. The average molecular weight is 756 g/mol. The van der Waals surface area contributed by atoms with Crippen LogP contribution in [0.3, 0.4) is 0 Å². The van der Waals surface area contributed by atoms with Crippen LogP contribution in [0.4, 0.5) is 50.5 Å². The SMILES string of the molecule is CC(C)(C)c1ccc(N(c2ccccc2)c2ccc3sc4c(c3c2)N(c2ccccc2)c2cccc3c2B4c2c(sc4ccccc24)N3c2ccccc2)cc1. The molecule has 3 nitrogen and oxygen atoms in total. The van der Waals surface area contributed by atoms with E-state index in [-0.39, 0.29) is 12.1 Å². The Labute approximate surface area is 336 Å². The van der Waals surface area contributed by atoms with Crippen molar-refractivity contribution in [1.29, 1.82) is 0 Å². The van der Waals surface area contributed by atoms with Crippen molar-refractivity contribution in [2.24, 2.45) is 0 Å². The molecule has 0 saturated heterocycles. The minimum atomic E-state index is 0.0761. The zero-order chi connectivity index (χ0) is 37.5. The third-order valence-electron chi connectivity index (χ3n) is 11.4. The van der Waals surface area contributed by atoms with Gasteiger partial charge in [0.05, 0.1) is 10.7 Å². The second-order valence-electron chi connectivity index (χ2n) is 15.8. The molecule has 56 heavy (non-hydrogen) atoms. The summed E-state index contributed by atoms with van der Waals surface area (Å²) in [7, 11) is 0. The maximum absolute atomic E-state index is 2.54. The van der Waals surface area contributed by atoms with Crippen LogP contribution in [0.2, 0.25) is 0 Å². The van der Waals surface area contributed by atoms with Gasteiger partial charge in [-0.1, -0.05) is 112 Å². The Morgan fingerprint density at radius 3 is 1.75 bits per heavy atom. The first-order chi connectivity index (χ1) is 27.4. The number of thiophene rings is 2. The van der Waals surface area contributed by atoms with Crippen LogP contribution in [0.25, 0.3) is 20.2 Å². The summed E-state index contributed by atoms with van der Waals surface area (Å²) in [6.07, 6.45) is 0. The Kier molecular flexibility index (Phi) is 7.57. The molecule has 0 unspecified atom stereocenters. The van der Waals surface area contributed by atoms with E-state index in [0.717, 1.165) is 22.7 Å². The first-order valence-corrected chi connectivity index (χ1v) is 20.9. The third-order valence-corrected chi connectivity index (χ3v) is 13.8. The van der Waals surface area contributed by atoms with Crippen LogP contribution in [-0.4, -0.2) is 6.71 Å². The molecule has 2 aliphatic rings. The Morgan fingerprint density at radius 2 is 1.05 bits per heavy atom. The van der Waals surface area contributed by atoms with Crippen molar-refractivity contribution in [1.82, 2.24) is 0 Å². The number of anilines is 9. The Balaban J connectivity index is 1.19. The molecule has 2 aromatic heterocycles. The number of fused-ring (bicyclic) bond motifs is 8. The summed E-state index contributed by atoms with van der Waals surface area (Å²) in [5.41, 5.74) is 13.7. The summed E-state index contributed by atoms with van der Waals surface area (Å²) in [5, 5.41) is 3.91. The van der Waals surface area contributed by atoms with Crippen molar-refractivity contribution in [2.75, 3.05) is 14.7 Å². The molecule has 9 aromatic rings. The van der Waals surface area contributed by atoms with Crippen LogP contribution in [0, 0.1) is 0 Å². The fourth-order valence-electron chi connectivity index (χ4n) is 8.83. The highest BCUT2D eigenvalue weighted by molar-refractivity contribution is 7.35. The third kappa shape index (κ3) is 5.09. The highest BCUT2D eigenvalue weighted by Gasteiger charge is 2.46. The Morgan fingerprint density at radius 1 is 0.482 bits per heavy atom. The van der Waals surface area contributed by atoms with Crippen LogP contribution in [0.5, 0.6) is 0 Å². The highest BCUT2D eigenvalue weighted by atomic mass is 32.1. The Bertz CT molecular complexity index is 2910. The van der Waals surface area contributed by atoms with Crippen LogP contribution < -0.4 is 30.4 Å². The first kappa shape index (κ1) is 33.3. The van der Waals surface area contributed by atoms with Crippen molar-refractivity contribution >= 4 is 116 Å². The minimum Gasteiger partial charge on any atom is -0.310 e. The molecule has 7 aromatic carbocycles. The number of benzene rings is 7. The molecule has 0 aliphatic carbocycles. The Hall–Kier alpha value is -6.08. The summed E-state index contributed by atoms with van der Waals surface area (Å²) in [6, 6.07) is 64.8. The van der Waals surface area contributed by atoms with Gasteiger partial charge in [-0.2, -0.15) is 0 Å². The van der Waals surface area contributed by atoms with E-state index in [1.807, 2.05) is 22.7 Å². The van der Waals surface area contributed by atoms with E-state index in [4.69, 9.17) is 0 Å². The molecule has 0 amide bonds. The van der Waals surface area contributed by atoms with Crippen LogP contribution in [0.1, 0.15) is 26.3 Å². The van der Waals surface area contributed by atoms with Gasteiger partial charge >= 0.3 is 0 Å². The van der Waals surface area contributed by atoms with E-state index in [2.05, 4.69) is 211 Å². The van der Waals surface area contributed by atoms with Gasteiger partial charge in [0.15, 0.2) is 0 Å². The molecule has 4 heterocycles. The number of rotatable bonds is 5. The van der Waals surface area contributed by atoms with Crippen molar-refractivity contribution in [3.8, 4) is 0 Å². The predicted octanol–water partition coefficient (Wildman–Crippen LogP) is 13.0. The van der Waals surface area contributed by atoms with E-state index in [9.17, 15) is 0 Å². The van der Waals surface area contributed by atoms with Crippen LogP contribution in [-0.2, 0) is 5.41 Å². The highest BCUT2D eigenvalue weighted by Crippen LogP contribution is 2.51. The van der Waals surface area contributed by atoms with Gasteiger partial charge in [-0.15, -0.1) is 22.7 Å². The summed E-state index contributed by atoms with van der Waals surface area (Å²) in [5.74, 6) is 0. The average Bonchev–Trinajstić information content (AvgIpc) is 3.81. The molecule has 0 bridgehead atoms. The van der Waals surface area contributed by atoms with Gasteiger partial charge < -0.3 is 14.7 Å². The minimum absolute atomic E-state index is 0.0761. The van der Waals surface area contributed by atoms with E-state index in [1.54, 1.807) is 0 Å². The van der Waals surface area contributed by atoms with Gasteiger partial charge in [0, 0.05) is 59.4 Å². The van der Waals surface area contributed by atoms with Gasteiger partial charge in [-0.3, -0.25) is 0 Å². The summed E-state index contributed by atoms with van der Waals surface area (Å²) in [4.78, 5) is 7.46. The monoisotopic (exact) mass is 755 g/mol. The van der Waals surface area contributed by atoms with Gasteiger partial charge in [0.2, 0.25) is 0 Å². The molecule has 6 heteroatoms. The molecule has 268 valence electrons. The molecule has 0 fully saturated rings. The molecule has 0 N–H and O–H groups in total. The number of hydrogen-bond acceptors (Lipinski definition) is 5. The number of nitrogens with zero attached hydrogens (tertiary/aromatic N) is 3. The molecular weight excluding hydrogens is 718 g/mol. The lowest BCUT2D eigenvalue weighted by atomic mass is 9.36. The normalized spacial score (nSPS) is 13.2. The molecule has 11 rings (SSSR count). The maximum Gasteiger partial charge on any atom is 0.266 e. The van der Waals surface area contributed by atoms with Crippen molar-refractivity contribution in [3.63, 3.8) is 0 Å². The van der Waals surface area contributed by atoms with Crippen molar-refractivity contribution < 1.29 is 0 Å². The first-order valence-electron chi connectivity index (χ1n) is 19.3. The van der Waals surface area contributed by atoms with Gasteiger partial charge in [0.1, 0.15) is 0 Å². The standard InChI is InChI=1S/C50H38BN3S2/c1-50(2,3)33-26-28-37(29-27-33)52(34-16-7-4-8-17-34)38-30-31-44-40(32-38)47-48(55-44)51-45-39-22-13-14-25-43(39)56-49(45)54(36-20-11-6-12-21-36)42-24-15-23-41(46(42)51)53(47)35-18-9-5-10-19-35/h4-32H,1-3H3. The zero-order valence-electron chi connectivity index (χ0n) is 31.5. The zero-order valence-corrected chi connectivity index (χ0v) is 33.1. The molecular formula is C50H38BN3S2. The maximum atomic E-state index is 2.54. The van der Waals surface area contributed by atoms with E-state index >= 15 is 0 Å². The summed E-state index contributed by atoms with van der Waals surface area (Å²) >= 11 is 3.86. The quantitative estimate of drug-likeness (QED) is 0.162. The topological polar surface area (TPSA) is 9.72 Å². The van der Waals surface area contributed by atoms with Gasteiger partial charge in [0.25, 0.3) is 6.71 Å². The van der Waals surface area contributed by atoms with Gasteiger partial charge in [-0.25, -0.2) is 0 Å². The predicted molar refractivity (Wildman–Crippen MR) is 245 cm³/mol. The number of para-hydroxylation sites is 3. The summed E-state index contributed by atoms with van der Waals surface area (Å²) < 4.78 is 4.00. The molecule has 0 saturated carbocycles. The van der Waals surface area contributed by atoms with Crippen LogP contribution >= 0.6 is 22.7 Å². The van der Waals surface area contributed by atoms with Crippen molar-refractivity contribution in [3.05, 3.63) is 181 Å². The molecule has 0 atom stereocenters. The van der Waals surface area contributed by atoms with Crippen molar-refractivity contribution in [2.45, 2.75) is 26.2 Å². The van der Waals surface area contributed by atoms with Crippen LogP contribution in [0.15, 0.2) is 176 Å². The van der Waals surface area contributed by atoms with E-state index in [0.29, 0.717) is 0 Å². The molecule has 0 spiro atoms. The fraction of sp³-hybridized carbons (Fsp3) is 0.0800. The fourth-order valence-corrected chi connectivity index (χ4v) is 11.4. The van der Waals surface area contributed by atoms with E-state index < -0.39 is 0 Å². The second-order valence-corrected chi connectivity index (χ2v) is 17.9. The lowest BCUT2D eigenvalue weighted by Crippen LogP contribution is -2.60. The summed E-state index contributed by atoms with van der Waals surface area (Å²) in [6.45, 7) is 6.91. The molecule has 2 aliphatic heterocycles. The lowest BCUT2D eigenvalue weighted by Gasteiger charge is -2.42.